The normalized spacial score (nSPS) is 19.5. The van der Waals surface area contributed by atoms with Crippen molar-refractivity contribution in [3.05, 3.63) is 46.8 Å². The number of hydrogen-bond donors (Lipinski definition) is 1. The molecule has 24 heavy (non-hydrogen) atoms. The lowest BCUT2D eigenvalue weighted by molar-refractivity contribution is 0.0530. The fraction of sp³-hybridized carbons (Fsp3) is 0.353. The van der Waals surface area contributed by atoms with Crippen LogP contribution >= 0.6 is 0 Å². The molecule has 1 unspecified atom stereocenters. The molecular formula is C17H20BN3O3. The number of pyridine rings is 1. The standard InChI is InChI=1S/C17H20BN3O3/c1-10-12(19)7-13(14-8-15(18)21-24-14)20-16(10)17(22)23-9-11-5-3-2-4-6-11/h3,5-7,14H,2,4,8-9,18H2,1H3,(H2,19,20). The summed E-state index contributed by atoms with van der Waals surface area (Å²) in [6.07, 6.45) is 8.47. The van der Waals surface area contributed by atoms with Crippen molar-refractivity contribution in [1.82, 2.24) is 4.98 Å². The van der Waals surface area contributed by atoms with Crippen molar-refractivity contribution >= 4 is 25.1 Å². The van der Waals surface area contributed by atoms with Crippen molar-refractivity contribution < 1.29 is 14.4 Å². The quantitative estimate of drug-likeness (QED) is 0.674. The Morgan fingerprint density at radius 1 is 1.50 bits per heavy atom. The average molecular weight is 325 g/mol. The molecule has 2 N–H and O–H groups in total. The van der Waals surface area contributed by atoms with E-state index < -0.39 is 5.97 Å². The van der Waals surface area contributed by atoms with Crippen molar-refractivity contribution in [2.24, 2.45) is 5.16 Å². The van der Waals surface area contributed by atoms with Gasteiger partial charge in [0.2, 0.25) is 0 Å². The molecule has 6 nitrogen and oxygen atoms in total. The van der Waals surface area contributed by atoms with Gasteiger partial charge in [0.1, 0.15) is 6.61 Å². The summed E-state index contributed by atoms with van der Waals surface area (Å²) in [4.78, 5) is 22.2. The Balaban J connectivity index is 1.76. The Morgan fingerprint density at radius 3 is 3.00 bits per heavy atom. The highest BCUT2D eigenvalue weighted by Crippen LogP contribution is 2.28. The molecule has 0 bridgehead atoms. The maximum atomic E-state index is 12.4. The Hall–Kier alpha value is -2.57. The largest absolute Gasteiger partial charge is 0.456 e. The first-order valence-corrected chi connectivity index (χ1v) is 8.03. The van der Waals surface area contributed by atoms with Gasteiger partial charge < -0.3 is 15.3 Å². The molecule has 0 amide bonds. The Kier molecular flexibility index (Phi) is 4.69. The first-order valence-electron chi connectivity index (χ1n) is 8.03. The maximum Gasteiger partial charge on any atom is 0.357 e. The van der Waals surface area contributed by atoms with Gasteiger partial charge >= 0.3 is 5.97 Å². The Labute approximate surface area is 141 Å². The van der Waals surface area contributed by atoms with E-state index in [1.54, 1.807) is 13.0 Å². The van der Waals surface area contributed by atoms with Gasteiger partial charge in [0.05, 0.1) is 5.69 Å². The molecule has 2 aliphatic rings. The van der Waals surface area contributed by atoms with Gasteiger partial charge in [0.25, 0.3) is 0 Å². The number of allylic oxidation sites excluding steroid dienone is 2. The second kappa shape index (κ2) is 6.90. The second-order valence-corrected chi connectivity index (χ2v) is 6.07. The monoisotopic (exact) mass is 325 g/mol. The number of oxime groups is 1. The highest BCUT2D eigenvalue weighted by Gasteiger charge is 2.25. The number of rotatable bonds is 4. The molecular weight excluding hydrogens is 305 g/mol. The summed E-state index contributed by atoms with van der Waals surface area (Å²) < 4.78 is 5.40. The number of aromatic nitrogens is 1. The van der Waals surface area contributed by atoms with Gasteiger partial charge in [-0.05, 0) is 31.4 Å². The summed E-state index contributed by atoms with van der Waals surface area (Å²) in [6, 6.07) is 1.73. The summed E-state index contributed by atoms with van der Waals surface area (Å²) in [5.41, 5.74) is 9.88. The van der Waals surface area contributed by atoms with Crippen LogP contribution in [-0.2, 0) is 9.57 Å². The van der Waals surface area contributed by atoms with Crippen molar-refractivity contribution in [2.45, 2.75) is 32.3 Å². The molecule has 7 heteroatoms. The first-order chi connectivity index (χ1) is 11.5. The fourth-order valence-electron chi connectivity index (χ4n) is 2.66. The van der Waals surface area contributed by atoms with E-state index >= 15 is 0 Å². The van der Waals surface area contributed by atoms with Crippen molar-refractivity contribution in [3.63, 3.8) is 0 Å². The van der Waals surface area contributed by atoms with Crippen molar-refractivity contribution in [3.8, 4) is 0 Å². The van der Waals surface area contributed by atoms with Crippen LogP contribution in [0, 0.1) is 6.92 Å². The number of nitrogen functional groups attached to an aromatic ring is 1. The highest BCUT2D eigenvalue weighted by molar-refractivity contribution is 6.59. The van der Waals surface area contributed by atoms with Gasteiger partial charge in [-0.1, -0.05) is 18.2 Å². The van der Waals surface area contributed by atoms with Gasteiger partial charge in [0.15, 0.2) is 19.6 Å². The minimum Gasteiger partial charge on any atom is -0.456 e. The number of ether oxygens (including phenoxy) is 1. The van der Waals surface area contributed by atoms with E-state index in [4.69, 9.17) is 15.3 Å². The zero-order chi connectivity index (χ0) is 17.1. The zero-order valence-corrected chi connectivity index (χ0v) is 13.9. The van der Waals surface area contributed by atoms with Crippen LogP contribution in [-0.4, -0.2) is 31.0 Å². The minimum atomic E-state index is -0.475. The van der Waals surface area contributed by atoms with Gasteiger partial charge in [0, 0.05) is 23.3 Å². The Bertz CT molecular complexity index is 756. The predicted molar refractivity (Wildman–Crippen MR) is 94.5 cm³/mol. The molecule has 0 fully saturated rings. The van der Waals surface area contributed by atoms with E-state index in [2.05, 4.69) is 22.3 Å². The third-order valence-electron chi connectivity index (χ3n) is 4.11. The van der Waals surface area contributed by atoms with Gasteiger partial charge in [-0.25, -0.2) is 9.78 Å². The highest BCUT2D eigenvalue weighted by atomic mass is 16.6. The minimum absolute atomic E-state index is 0.235. The number of anilines is 1. The first kappa shape index (κ1) is 16.3. The van der Waals surface area contributed by atoms with E-state index in [9.17, 15) is 4.79 Å². The van der Waals surface area contributed by atoms with Crippen LogP contribution in [0.25, 0.3) is 0 Å². The summed E-state index contributed by atoms with van der Waals surface area (Å²) in [5.74, 6) is -0.475. The van der Waals surface area contributed by atoms with Crippen molar-refractivity contribution in [2.75, 3.05) is 12.3 Å². The average Bonchev–Trinajstić information content (AvgIpc) is 3.02. The van der Waals surface area contributed by atoms with Crippen LogP contribution in [0.3, 0.4) is 0 Å². The third-order valence-corrected chi connectivity index (χ3v) is 4.11. The SMILES string of the molecule is BC1=NOC(c2cc(N)c(C)c(C(=O)OCC3=CCCC=C3)n2)C1. The number of nitrogens with zero attached hydrogens (tertiary/aromatic N) is 2. The molecule has 124 valence electrons. The predicted octanol–water partition coefficient (Wildman–Crippen LogP) is 1.81. The van der Waals surface area contributed by atoms with Gasteiger partial charge in [-0.15, -0.1) is 5.16 Å². The van der Waals surface area contributed by atoms with Crippen LogP contribution in [0.5, 0.6) is 0 Å². The molecule has 3 rings (SSSR count). The molecule has 1 aliphatic heterocycles. The molecule has 0 saturated heterocycles. The van der Waals surface area contributed by atoms with E-state index in [1.807, 2.05) is 13.9 Å². The second-order valence-electron chi connectivity index (χ2n) is 6.07. The third kappa shape index (κ3) is 3.50. The molecule has 2 heterocycles. The number of esters is 1. The molecule has 0 radical (unpaired) electrons. The van der Waals surface area contributed by atoms with Gasteiger partial charge in [-0.2, -0.15) is 0 Å². The summed E-state index contributed by atoms with van der Waals surface area (Å²) in [7, 11) is 1.89. The molecule has 0 saturated carbocycles. The smallest absolute Gasteiger partial charge is 0.357 e. The van der Waals surface area contributed by atoms with Crippen LogP contribution in [0.2, 0.25) is 0 Å². The zero-order valence-electron chi connectivity index (χ0n) is 13.9. The molecule has 1 aromatic heterocycles. The lowest BCUT2D eigenvalue weighted by atomic mass is 9.95. The number of carbonyl (C=O) groups is 1. The maximum absolute atomic E-state index is 12.4. The molecule has 1 aliphatic carbocycles. The molecule has 0 spiro atoms. The van der Waals surface area contributed by atoms with E-state index in [0.29, 0.717) is 23.4 Å². The van der Waals surface area contributed by atoms with Crippen LogP contribution < -0.4 is 5.73 Å². The van der Waals surface area contributed by atoms with E-state index in [-0.39, 0.29) is 18.4 Å². The van der Waals surface area contributed by atoms with Crippen LogP contribution in [0.15, 0.2) is 35.0 Å². The summed E-state index contributed by atoms with van der Waals surface area (Å²) >= 11 is 0. The van der Waals surface area contributed by atoms with E-state index in [0.717, 1.165) is 24.0 Å². The Morgan fingerprint density at radius 2 is 2.33 bits per heavy atom. The number of carbonyl (C=O) groups excluding carboxylic acids is 1. The molecule has 1 atom stereocenters. The molecule has 1 aromatic rings. The molecule has 0 aromatic carbocycles. The topological polar surface area (TPSA) is 86.8 Å². The number of hydrogen-bond acceptors (Lipinski definition) is 6. The lowest BCUT2D eigenvalue weighted by Gasteiger charge is -2.14. The van der Waals surface area contributed by atoms with Crippen LogP contribution in [0.1, 0.15) is 47.1 Å². The van der Waals surface area contributed by atoms with Crippen molar-refractivity contribution in [1.29, 1.82) is 0 Å². The summed E-state index contributed by atoms with van der Waals surface area (Å²) in [6.45, 7) is 2.00. The van der Waals surface area contributed by atoms with E-state index in [1.165, 1.54) is 0 Å². The summed E-state index contributed by atoms with van der Waals surface area (Å²) in [5, 5.41) is 3.92. The fourth-order valence-corrected chi connectivity index (χ4v) is 2.66. The van der Waals surface area contributed by atoms with Crippen LogP contribution in [0.4, 0.5) is 5.69 Å². The number of nitrogens with two attached hydrogens (primary N) is 1. The van der Waals surface area contributed by atoms with Gasteiger partial charge in [-0.3, -0.25) is 0 Å². The lowest BCUT2D eigenvalue weighted by Crippen LogP contribution is -2.15.